The van der Waals surface area contributed by atoms with Crippen LogP contribution in [0.25, 0.3) is 0 Å². The minimum absolute atomic E-state index is 0.0190. The molecule has 2 fully saturated rings. The molecule has 0 unspecified atom stereocenters. The molecule has 15 heteroatoms. The zero-order chi connectivity index (χ0) is 25.6. The highest BCUT2D eigenvalue weighted by atomic mass is 32.2. The van der Waals surface area contributed by atoms with Crippen molar-refractivity contribution in [2.45, 2.75) is 67.7 Å². The number of hydrogen-bond acceptors (Lipinski definition) is 8. The van der Waals surface area contributed by atoms with Crippen LogP contribution in [0.5, 0.6) is 5.88 Å². The van der Waals surface area contributed by atoms with Crippen LogP contribution < -0.4 is 10.1 Å². The summed E-state index contributed by atoms with van der Waals surface area (Å²) in [5.41, 5.74) is -2.52. The Labute approximate surface area is 199 Å². The third kappa shape index (κ3) is 5.35. The summed E-state index contributed by atoms with van der Waals surface area (Å²) >= 11 is 0. The summed E-state index contributed by atoms with van der Waals surface area (Å²) in [6, 6.07) is -0.940. The second-order valence-electron chi connectivity index (χ2n) is 9.06. The number of nitrogens with zero attached hydrogens (tertiary/aromatic N) is 5. The van der Waals surface area contributed by atoms with E-state index in [1.54, 1.807) is 7.05 Å². The lowest BCUT2D eigenvalue weighted by Crippen LogP contribution is -2.50. The van der Waals surface area contributed by atoms with Gasteiger partial charge in [0.25, 0.3) is 10.0 Å². The molecule has 1 aliphatic carbocycles. The lowest BCUT2D eigenvalue weighted by atomic mass is 10.0. The maximum atomic E-state index is 14.9. The van der Waals surface area contributed by atoms with E-state index in [1.807, 2.05) is 0 Å². The van der Waals surface area contributed by atoms with Gasteiger partial charge in [-0.1, -0.05) is 0 Å². The minimum Gasteiger partial charge on any atom is -0.471 e. The lowest BCUT2D eigenvalue weighted by molar-refractivity contribution is -0.141. The molecular weight excluding hydrogens is 496 g/mol. The van der Waals surface area contributed by atoms with Gasteiger partial charge in [-0.05, 0) is 32.6 Å². The van der Waals surface area contributed by atoms with Crippen LogP contribution in [0.3, 0.4) is 0 Å². The van der Waals surface area contributed by atoms with E-state index in [-0.39, 0.29) is 23.9 Å². The fraction of sp³-hybridized carbons (Fsp3) is 0.650. The Bertz CT molecular complexity index is 1170. The highest BCUT2D eigenvalue weighted by Gasteiger charge is 2.43. The SMILES string of the molecule is Cn1cnc(S(=O)(=O)N2CC[C@@H](Nc3ncc(C(F)(F)F)c(O[C@@H]4CCC[C@]4(C)O)n3)[C@H](F)C2)c1. The molecule has 0 bridgehead atoms. The lowest BCUT2D eigenvalue weighted by Gasteiger charge is -2.34. The number of piperidine rings is 1. The number of nitrogens with one attached hydrogen (secondary N) is 1. The number of hydrogen-bond donors (Lipinski definition) is 2. The molecule has 1 aliphatic heterocycles. The normalized spacial score (nSPS) is 28.3. The smallest absolute Gasteiger partial charge is 0.423 e. The maximum absolute atomic E-state index is 14.9. The van der Waals surface area contributed by atoms with Gasteiger partial charge in [0.15, 0.2) is 5.03 Å². The molecule has 4 rings (SSSR count). The van der Waals surface area contributed by atoms with Crippen molar-refractivity contribution < 1.29 is 35.8 Å². The molecule has 2 aromatic heterocycles. The molecule has 0 aromatic carbocycles. The number of aliphatic hydroxyl groups is 1. The Morgan fingerprint density at radius 2 is 2.03 bits per heavy atom. The molecule has 0 radical (unpaired) electrons. The van der Waals surface area contributed by atoms with Crippen molar-refractivity contribution in [1.82, 2.24) is 23.8 Å². The van der Waals surface area contributed by atoms with Crippen molar-refractivity contribution in [1.29, 1.82) is 0 Å². The Balaban J connectivity index is 1.49. The van der Waals surface area contributed by atoms with Crippen molar-refractivity contribution in [3.8, 4) is 5.88 Å². The van der Waals surface area contributed by atoms with Gasteiger partial charge in [0.1, 0.15) is 17.8 Å². The molecule has 1 saturated carbocycles. The van der Waals surface area contributed by atoms with Crippen molar-refractivity contribution in [2.75, 3.05) is 18.4 Å². The molecule has 35 heavy (non-hydrogen) atoms. The van der Waals surface area contributed by atoms with E-state index < -0.39 is 58.1 Å². The average Bonchev–Trinajstić information content (AvgIpc) is 3.34. The summed E-state index contributed by atoms with van der Waals surface area (Å²) in [4.78, 5) is 11.3. The maximum Gasteiger partial charge on any atom is 0.423 e. The summed E-state index contributed by atoms with van der Waals surface area (Å²) in [5, 5.41) is 12.8. The van der Waals surface area contributed by atoms with E-state index in [2.05, 4.69) is 20.3 Å². The predicted octanol–water partition coefficient (Wildman–Crippen LogP) is 2.12. The van der Waals surface area contributed by atoms with Crippen LogP contribution in [-0.4, -0.2) is 74.4 Å². The van der Waals surface area contributed by atoms with Crippen molar-refractivity contribution in [2.24, 2.45) is 7.05 Å². The third-order valence-corrected chi connectivity index (χ3v) is 8.01. The summed E-state index contributed by atoms with van der Waals surface area (Å²) < 4.78 is 88.7. The van der Waals surface area contributed by atoms with E-state index in [1.165, 1.54) is 24.0 Å². The highest BCUT2D eigenvalue weighted by Crippen LogP contribution is 2.39. The molecule has 0 amide bonds. The first kappa shape index (κ1) is 25.6. The molecule has 0 spiro atoms. The van der Waals surface area contributed by atoms with Crippen LogP contribution in [0.1, 0.15) is 38.2 Å². The van der Waals surface area contributed by atoms with Gasteiger partial charge in [0.2, 0.25) is 11.8 Å². The number of ether oxygens (including phenoxy) is 1. The zero-order valence-electron chi connectivity index (χ0n) is 19.0. The third-order valence-electron chi connectivity index (χ3n) is 6.26. The number of aryl methyl sites for hydroxylation is 1. The molecule has 10 nitrogen and oxygen atoms in total. The van der Waals surface area contributed by atoms with E-state index in [0.717, 1.165) is 4.31 Å². The van der Waals surface area contributed by atoms with E-state index in [9.17, 15) is 31.1 Å². The van der Waals surface area contributed by atoms with Gasteiger partial charge in [-0.25, -0.2) is 22.8 Å². The van der Waals surface area contributed by atoms with E-state index in [4.69, 9.17) is 4.74 Å². The molecular formula is C20H26F4N6O4S. The first-order valence-electron chi connectivity index (χ1n) is 11.0. The monoisotopic (exact) mass is 522 g/mol. The van der Waals surface area contributed by atoms with Gasteiger partial charge >= 0.3 is 6.18 Å². The van der Waals surface area contributed by atoms with Crippen molar-refractivity contribution in [3.63, 3.8) is 0 Å². The second-order valence-corrected chi connectivity index (χ2v) is 10.9. The Hall–Kier alpha value is -2.52. The number of imidazole rings is 1. The molecule has 3 heterocycles. The highest BCUT2D eigenvalue weighted by molar-refractivity contribution is 7.89. The van der Waals surface area contributed by atoms with Crippen LogP contribution in [-0.2, 0) is 23.2 Å². The summed E-state index contributed by atoms with van der Waals surface area (Å²) in [7, 11) is -2.38. The number of halogens is 4. The minimum atomic E-state index is -4.80. The number of aromatic nitrogens is 4. The molecule has 194 valence electrons. The molecule has 2 N–H and O–H groups in total. The second kappa shape index (κ2) is 9.17. The standard InChI is InChI=1S/C20H26F4N6O4S/c1-19(31)6-3-4-15(19)34-17-12(20(22,23)24)8-25-18(28-17)27-14-5-7-30(9-13(14)21)35(32,33)16-10-29(2)11-26-16/h8,10-11,13-15,31H,3-7,9H2,1-2H3,(H,25,27,28)/t13-,14-,15-,19+/m1/s1. The van der Waals surface area contributed by atoms with Crippen LogP contribution in [0.2, 0.25) is 0 Å². The first-order valence-corrected chi connectivity index (χ1v) is 12.4. The number of anilines is 1. The fourth-order valence-corrected chi connectivity index (χ4v) is 5.66. The summed E-state index contributed by atoms with van der Waals surface area (Å²) in [6.07, 6.45) is -2.87. The Morgan fingerprint density at radius 1 is 1.29 bits per heavy atom. The van der Waals surface area contributed by atoms with E-state index in [0.29, 0.717) is 25.5 Å². The van der Waals surface area contributed by atoms with Crippen LogP contribution in [0.15, 0.2) is 23.7 Å². The summed E-state index contributed by atoms with van der Waals surface area (Å²) in [5.74, 6) is -1.05. The topological polar surface area (TPSA) is 122 Å². The van der Waals surface area contributed by atoms with Crippen LogP contribution >= 0.6 is 0 Å². The van der Waals surface area contributed by atoms with E-state index >= 15 is 0 Å². The average molecular weight is 523 g/mol. The molecule has 1 saturated heterocycles. The fourth-order valence-electron chi connectivity index (χ4n) is 4.24. The predicted molar refractivity (Wildman–Crippen MR) is 115 cm³/mol. The Morgan fingerprint density at radius 3 is 2.60 bits per heavy atom. The van der Waals surface area contributed by atoms with Gasteiger partial charge < -0.3 is 19.7 Å². The zero-order valence-corrected chi connectivity index (χ0v) is 19.9. The summed E-state index contributed by atoms with van der Waals surface area (Å²) in [6.45, 7) is 0.982. The van der Waals surface area contributed by atoms with Crippen LogP contribution in [0, 0.1) is 0 Å². The number of rotatable bonds is 6. The van der Waals surface area contributed by atoms with Crippen molar-refractivity contribution >= 4 is 16.0 Å². The largest absolute Gasteiger partial charge is 0.471 e. The van der Waals surface area contributed by atoms with Gasteiger partial charge in [-0.2, -0.15) is 22.5 Å². The molecule has 2 aromatic rings. The van der Waals surface area contributed by atoms with Gasteiger partial charge in [-0.15, -0.1) is 0 Å². The van der Waals surface area contributed by atoms with Crippen LogP contribution in [0.4, 0.5) is 23.5 Å². The number of sulfonamides is 1. The Kier molecular flexibility index (Phi) is 6.70. The quantitative estimate of drug-likeness (QED) is 0.554. The molecule has 2 aliphatic rings. The van der Waals surface area contributed by atoms with Gasteiger partial charge in [0.05, 0.1) is 18.0 Å². The number of alkyl halides is 4. The first-order chi connectivity index (χ1) is 16.3. The van der Waals surface area contributed by atoms with Gasteiger partial charge in [-0.3, -0.25) is 0 Å². The van der Waals surface area contributed by atoms with Crippen molar-refractivity contribution in [3.05, 3.63) is 24.3 Å². The van der Waals surface area contributed by atoms with Gasteiger partial charge in [0, 0.05) is 32.5 Å². The molecule has 4 atom stereocenters.